The van der Waals surface area contributed by atoms with Crippen LogP contribution < -0.4 is 9.80 Å². The first-order valence-electron chi connectivity index (χ1n) is 12.5. The van der Waals surface area contributed by atoms with Gasteiger partial charge in [-0.2, -0.15) is 10.2 Å². The molecule has 1 aromatic carbocycles. The van der Waals surface area contributed by atoms with Crippen LogP contribution in [0.5, 0.6) is 0 Å². The fourth-order valence-corrected chi connectivity index (χ4v) is 4.94. The number of aliphatic hydroxyl groups excluding tert-OH is 1. The number of aryl methyl sites for hydroxylation is 1. The van der Waals surface area contributed by atoms with Crippen molar-refractivity contribution in [2.24, 2.45) is 7.05 Å². The number of aliphatic hydroxyl groups is 1. The Bertz CT molecular complexity index is 1560. The molecule has 0 amide bonds. The van der Waals surface area contributed by atoms with Gasteiger partial charge in [0.25, 0.3) is 0 Å². The SMILES string of the molecule is Cn1cc(-c2cc3c(N4CCN(c5ncc([C@@](C)(CO)c6ccc(F)cc6)cn5)CC4)ncnn3c2)cn1. The van der Waals surface area contributed by atoms with Gasteiger partial charge < -0.3 is 14.9 Å². The Morgan fingerprint density at radius 3 is 2.24 bits per heavy atom. The van der Waals surface area contributed by atoms with Gasteiger partial charge in [0.1, 0.15) is 17.7 Å². The number of hydrogen-bond acceptors (Lipinski definition) is 8. The molecule has 0 bridgehead atoms. The van der Waals surface area contributed by atoms with Crippen LogP contribution in [0.1, 0.15) is 18.1 Å². The number of aromatic nitrogens is 7. The van der Waals surface area contributed by atoms with Gasteiger partial charge in [-0.15, -0.1) is 0 Å². The van der Waals surface area contributed by atoms with Gasteiger partial charge in [-0.3, -0.25) is 4.68 Å². The molecule has 0 unspecified atom stereocenters. The predicted molar refractivity (Wildman–Crippen MR) is 142 cm³/mol. The zero-order valence-electron chi connectivity index (χ0n) is 21.2. The molecule has 0 radical (unpaired) electrons. The molecule has 1 atom stereocenters. The molecule has 194 valence electrons. The van der Waals surface area contributed by atoms with Gasteiger partial charge in [0.15, 0.2) is 5.82 Å². The highest BCUT2D eigenvalue weighted by molar-refractivity contribution is 5.77. The third-order valence-electron chi connectivity index (χ3n) is 7.36. The summed E-state index contributed by atoms with van der Waals surface area (Å²) in [5.41, 5.74) is 3.88. The van der Waals surface area contributed by atoms with Crippen molar-refractivity contribution in [3.8, 4) is 11.1 Å². The van der Waals surface area contributed by atoms with Crippen LogP contribution in [0.4, 0.5) is 16.2 Å². The second-order valence-electron chi connectivity index (χ2n) is 9.79. The third-order valence-corrected chi connectivity index (χ3v) is 7.36. The van der Waals surface area contributed by atoms with Crippen molar-refractivity contribution in [3.05, 3.63) is 84.6 Å². The van der Waals surface area contributed by atoms with Crippen LogP contribution in [-0.2, 0) is 12.5 Å². The average molecular weight is 514 g/mol. The number of benzene rings is 1. The minimum atomic E-state index is -0.727. The van der Waals surface area contributed by atoms with Crippen molar-refractivity contribution in [2.75, 3.05) is 42.6 Å². The van der Waals surface area contributed by atoms with E-state index in [1.807, 2.05) is 37.1 Å². The number of halogens is 1. The molecule has 38 heavy (non-hydrogen) atoms. The number of nitrogens with zero attached hydrogens (tertiary/aromatic N) is 9. The molecule has 4 aromatic heterocycles. The van der Waals surface area contributed by atoms with Crippen molar-refractivity contribution in [2.45, 2.75) is 12.3 Å². The van der Waals surface area contributed by atoms with Gasteiger partial charge in [0.05, 0.1) is 12.8 Å². The highest BCUT2D eigenvalue weighted by Gasteiger charge is 2.30. The van der Waals surface area contributed by atoms with Gasteiger partial charge in [0, 0.05) is 80.1 Å². The van der Waals surface area contributed by atoms with Gasteiger partial charge in [-0.25, -0.2) is 23.9 Å². The van der Waals surface area contributed by atoms with Crippen LogP contribution in [0, 0.1) is 5.82 Å². The molecule has 1 aliphatic heterocycles. The Balaban J connectivity index is 1.17. The third kappa shape index (κ3) is 4.24. The molecule has 1 N–H and O–H groups in total. The van der Waals surface area contributed by atoms with Gasteiger partial charge in [-0.05, 0) is 30.7 Å². The molecule has 1 fully saturated rings. The van der Waals surface area contributed by atoms with E-state index >= 15 is 0 Å². The highest BCUT2D eigenvalue weighted by Crippen LogP contribution is 2.32. The molecule has 6 rings (SSSR count). The zero-order chi connectivity index (χ0) is 26.3. The number of anilines is 2. The normalized spacial score (nSPS) is 15.7. The average Bonchev–Trinajstić information content (AvgIpc) is 3.59. The van der Waals surface area contributed by atoms with E-state index in [1.165, 1.54) is 12.1 Å². The molecule has 10 nitrogen and oxygen atoms in total. The number of piperazine rings is 1. The Kier molecular flexibility index (Phi) is 5.99. The van der Waals surface area contributed by atoms with Crippen molar-refractivity contribution in [3.63, 3.8) is 0 Å². The smallest absolute Gasteiger partial charge is 0.225 e. The summed E-state index contributed by atoms with van der Waals surface area (Å²) in [6.07, 6.45) is 10.9. The minimum absolute atomic E-state index is 0.143. The molecule has 5 heterocycles. The Labute approximate surface area is 219 Å². The molecule has 1 aliphatic rings. The van der Waals surface area contributed by atoms with E-state index in [-0.39, 0.29) is 12.4 Å². The fourth-order valence-electron chi connectivity index (χ4n) is 4.94. The second kappa shape index (κ2) is 9.49. The zero-order valence-corrected chi connectivity index (χ0v) is 21.2. The largest absolute Gasteiger partial charge is 0.395 e. The maximum absolute atomic E-state index is 13.4. The number of hydrogen-bond donors (Lipinski definition) is 1. The standard InChI is InChI=1S/C27H28FN9O/c1-27(17-38,21-3-5-23(28)6-4-21)22-13-29-26(30-14-22)36-9-7-35(8-10-36)25-24-11-19(16-37(24)33-18-31-25)20-12-32-34(2)15-20/h3-6,11-16,18,38H,7-10,17H2,1-2H3/t27-/m0/s1. The summed E-state index contributed by atoms with van der Waals surface area (Å²) >= 11 is 0. The topological polar surface area (TPSA) is 100 Å². The van der Waals surface area contributed by atoms with Gasteiger partial charge >= 0.3 is 0 Å². The summed E-state index contributed by atoms with van der Waals surface area (Å²) in [5.74, 6) is 1.22. The second-order valence-corrected chi connectivity index (χ2v) is 9.79. The summed E-state index contributed by atoms with van der Waals surface area (Å²) in [6.45, 7) is 4.75. The first kappa shape index (κ1) is 24.0. The van der Waals surface area contributed by atoms with Crippen LogP contribution >= 0.6 is 0 Å². The van der Waals surface area contributed by atoms with E-state index in [0.29, 0.717) is 5.95 Å². The van der Waals surface area contributed by atoms with Crippen molar-refractivity contribution < 1.29 is 9.50 Å². The lowest BCUT2D eigenvalue weighted by Gasteiger charge is -2.35. The molecular formula is C27H28FN9O. The van der Waals surface area contributed by atoms with Crippen molar-refractivity contribution in [1.29, 1.82) is 0 Å². The summed E-state index contributed by atoms with van der Waals surface area (Å²) in [7, 11) is 1.90. The Hall–Kier alpha value is -4.38. The summed E-state index contributed by atoms with van der Waals surface area (Å²) < 4.78 is 17.1. The molecule has 11 heteroatoms. The monoisotopic (exact) mass is 513 g/mol. The first-order valence-corrected chi connectivity index (χ1v) is 12.5. The van der Waals surface area contributed by atoms with Crippen LogP contribution in [0.3, 0.4) is 0 Å². The molecule has 5 aromatic rings. The van der Waals surface area contributed by atoms with Crippen LogP contribution in [0.25, 0.3) is 16.6 Å². The maximum atomic E-state index is 13.4. The minimum Gasteiger partial charge on any atom is -0.395 e. The summed E-state index contributed by atoms with van der Waals surface area (Å²) in [5, 5.41) is 18.8. The van der Waals surface area contributed by atoms with Crippen LogP contribution in [0.15, 0.2) is 67.6 Å². The highest BCUT2D eigenvalue weighted by atomic mass is 19.1. The van der Waals surface area contributed by atoms with Crippen LogP contribution in [-0.4, -0.2) is 72.2 Å². The Morgan fingerprint density at radius 2 is 1.58 bits per heavy atom. The summed E-state index contributed by atoms with van der Waals surface area (Å²) in [6, 6.07) is 8.27. The number of rotatable bonds is 6. The molecule has 0 saturated carbocycles. The van der Waals surface area contributed by atoms with E-state index in [4.69, 9.17) is 0 Å². The van der Waals surface area contributed by atoms with Gasteiger partial charge in [0.2, 0.25) is 5.95 Å². The quantitative estimate of drug-likeness (QED) is 0.370. The predicted octanol–water partition coefficient (Wildman–Crippen LogP) is 2.68. The lowest BCUT2D eigenvalue weighted by molar-refractivity contribution is 0.230. The maximum Gasteiger partial charge on any atom is 0.225 e. The summed E-state index contributed by atoms with van der Waals surface area (Å²) in [4.78, 5) is 18.2. The van der Waals surface area contributed by atoms with E-state index in [2.05, 4.69) is 41.0 Å². The van der Waals surface area contributed by atoms with Crippen molar-refractivity contribution in [1.82, 2.24) is 34.3 Å². The fraction of sp³-hybridized carbons (Fsp3) is 0.296. The van der Waals surface area contributed by atoms with Crippen LogP contribution in [0.2, 0.25) is 0 Å². The van der Waals surface area contributed by atoms with E-state index in [0.717, 1.165) is 59.8 Å². The molecule has 0 spiro atoms. The lowest BCUT2D eigenvalue weighted by Crippen LogP contribution is -2.47. The lowest BCUT2D eigenvalue weighted by atomic mass is 9.78. The molecule has 0 aliphatic carbocycles. The van der Waals surface area contributed by atoms with E-state index in [1.54, 1.807) is 35.5 Å². The van der Waals surface area contributed by atoms with E-state index in [9.17, 15) is 9.50 Å². The Morgan fingerprint density at radius 1 is 0.868 bits per heavy atom. The first-order chi connectivity index (χ1) is 18.4. The molecule has 1 saturated heterocycles. The van der Waals surface area contributed by atoms with Crippen molar-refractivity contribution >= 4 is 17.3 Å². The van der Waals surface area contributed by atoms with E-state index < -0.39 is 5.41 Å². The number of fused-ring (bicyclic) bond motifs is 1. The molecular weight excluding hydrogens is 485 g/mol. The van der Waals surface area contributed by atoms with Gasteiger partial charge in [-0.1, -0.05) is 12.1 Å².